The van der Waals surface area contributed by atoms with Crippen molar-refractivity contribution in [1.82, 2.24) is 9.80 Å². The summed E-state index contributed by atoms with van der Waals surface area (Å²) in [5.74, 6) is -0.0671. The van der Waals surface area contributed by atoms with Gasteiger partial charge in [-0.3, -0.25) is 9.59 Å². The van der Waals surface area contributed by atoms with Crippen LogP contribution in [0.2, 0.25) is 0 Å². The summed E-state index contributed by atoms with van der Waals surface area (Å²) in [5, 5.41) is 0. The Hall–Kier alpha value is -2.10. The first-order chi connectivity index (χ1) is 9.41. The molecule has 0 N–H and O–H groups in total. The van der Waals surface area contributed by atoms with Gasteiger partial charge in [0.2, 0.25) is 11.8 Å². The second kappa shape index (κ2) is 7.48. The van der Waals surface area contributed by atoms with Crippen LogP contribution in [-0.4, -0.2) is 49.8 Å². The SMILES string of the molecule is CN(C)C(=O)C/C=C(/Cc1ccccc1)C(=O)N(C)C. The van der Waals surface area contributed by atoms with Gasteiger partial charge < -0.3 is 9.80 Å². The number of rotatable bonds is 5. The molecule has 20 heavy (non-hydrogen) atoms. The van der Waals surface area contributed by atoms with Crippen molar-refractivity contribution in [3.05, 3.63) is 47.5 Å². The standard InChI is InChI=1S/C16H22N2O2/c1-17(2)15(19)11-10-14(16(20)18(3)4)12-13-8-6-5-7-9-13/h5-10H,11-12H2,1-4H3/b14-10-. The van der Waals surface area contributed by atoms with Crippen LogP contribution in [0.5, 0.6) is 0 Å². The molecule has 0 saturated carbocycles. The minimum Gasteiger partial charge on any atom is -0.349 e. The zero-order chi connectivity index (χ0) is 15.1. The Labute approximate surface area is 120 Å². The van der Waals surface area contributed by atoms with E-state index in [1.165, 1.54) is 9.80 Å². The van der Waals surface area contributed by atoms with Gasteiger partial charge >= 0.3 is 0 Å². The van der Waals surface area contributed by atoms with E-state index in [-0.39, 0.29) is 18.2 Å². The Balaban J connectivity index is 2.88. The number of amides is 2. The van der Waals surface area contributed by atoms with E-state index in [9.17, 15) is 9.59 Å². The summed E-state index contributed by atoms with van der Waals surface area (Å²) in [6.07, 6.45) is 2.52. The molecule has 0 aliphatic carbocycles. The van der Waals surface area contributed by atoms with Crippen LogP contribution in [0.4, 0.5) is 0 Å². The van der Waals surface area contributed by atoms with Crippen molar-refractivity contribution < 1.29 is 9.59 Å². The van der Waals surface area contributed by atoms with Crippen LogP contribution in [0.1, 0.15) is 12.0 Å². The highest BCUT2D eigenvalue weighted by Gasteiger charge is 2.13. The van der Waals surface area contributed by atoms with E-state index in [1.54, 1.807) is 34.3 Å². The summed E-state index contributed by atoms with van der Waals surface area (Å²) in [6, 6.07) is 9.78. The highest BCUT2D eigenvalue weighted by molar-refractivity contribution is 5.94. The molecular weight excluding hydrogens is 252 g/mol. The fourth-order valence-corrected chi connectivity index (χ4v) is 1.73. The van der Waals surface area contributed by atoms with Gasteiger partial charge in [-0.15, -0.1) is 0 Å². The van der Waals surface area contributed by atoms with Gasteiger partial charge in [-0.05, 0) is 5.56 Å². The number of hydrogen-bond acceptors (Lipinski definition) is 2. The second-order valence-electron chi connectivity index (χ2n) is 5.08. The number of benzene rings is 1. The van der Waals surface area contributed by atoms with Crippen molar-refractivity contribution >= 4 is 11.8 Å². The van der Waals surface area contributed by atoms with E-state index in [0.29, 0.717) is 12.0 Å². The number of carbonyl (C=O) groups is 2. The first-order valence-corrected chi connectivity index (χ1v) is 6.56. The van der Waals surface area contributed by atoms with Gasteiger partial charge in [0.1, 0.15) is 0 Å². The van der Waals surface area contributed by atoms with Crippen LogP contribution in [0.25, 0.3) is 0 Å². The molecule has 0 aromatic heterocycles. The molecule has 1 aromatic carbocycles. The first-order valence-electron chi connectivity index (χ1n) is 6.56. The molecule has 4 heteroatoms. The summed E-state index contributed by atoms with van der Waals surface area (Å²) in [6.45, 7) is 0. The predicted molar refractivity (Wildman–Crippen MR) is 80.2 cm³/mol. The molecule has 0 heterocycles. The van der Waals surface area contributed by atoms with E-state index < -0.39 is 0 Å². The zero-order valence-electron chi connectivity index (χ0n) is 12.6. The summed E-state index contributed by atoms with van der Waals surface area (Å²) in [7, 11) is 6.85. The number of likely N-dealkylation sites (N-methyl/N-ethyl adjacent to an activating group) is 1. The van der Waals surface area contributed by atoms with E-state index >= 15 is 0 Å². The third-order valence-electron chi connectivity index (χ3n) is 2.94. The fraction of sp³-hybridized carbons (Fsp3) is 0.375. The van der Waals surface area contributed by atoms with Crippen LogP contribution >= 0.6 is 0 Å². The largest absolute Gasteiger partial charge is 0.349 e. The minimum atomic E-state index is -0.0552. The third kappa shape index (κ3) is 4.88. The summed E-state index contributed by atoms with van der Waals surface area (Å²) in [5.41, 5.74) is 1.71. The monoisotopic (exact) mass is 274 g/mol. The Morgan fingerprint density at radius 1 is 1.00 bits per heavy atom. The van der Waals surface area contributed by atoms with Crippen molar-refractivity contribution in [1.29, 1.82) is 0 Å². The Kier molecular flexibility index (Phi) is 5.97. The maximum absolute atomic E-state index is 12.2. The molecular formula is C16H22N2O2. The molecule has 0 spiro atoms. The molecule has 1 rings (SSSR count). The molecule has 2 amide bonds. The third-order valence-corrected chi connectivity index (χ3v) is 2.94. The highest BCUT2D eigenvalue weighted by Crippen LogP contribution is 2.11. The van der Waals surface area contributed by atoms with Gasteiger partial charge in [-0.25, -0.2) is 0 Å². The van der Waals surface area contributed by atoms with E-state index in [1.807, 2.05) is 30.3 Å². The highest BCUT2D eigenvalue weighted by atomic mass is 16.2. The van der Waals surface area contributed by atoms with Crippen LogP contribution in [0.15, 0.2) is 42.0 Å². The number of nitrogens with zero attached hydrogens (tertiary/aromatic N) is 2. The van der Waals surface area contributed by atoms with Crippen LogP contribution < -0.4 is 0 Å². The zero-order valence-corrected chi connectivity index (χ0v) is 12.6. The van der Waals surface area contributed by atoms with E-state index in [4.69, 9.17) is 0 Å². The molecule has 0 atom stereocenters. The van der Waals surface area contributed by atoms with Gasteiger partial charge in [0.15, 0.2) is 0 Å². The topological polar surface area (TPSA) is 40.6 Å². The molecule has 0 aliphatic rings. The Morgan fingerprint density at radius 2 is 1.60 bits per heavy atom. The molecule has 108 valence electrons. The average molecular weight is 274 g/mol. The lowest BCUT2D eigenvalue weighted by Gasteiger charge is -2.14. The summed E-state index contributed by atoms with van der Waals surface area (Å²) < 4.78 is 0. The molecule has 0 fully saturated rings. The molecule has 1 aromatic rings. The first kappa shape index (κ1) is 16.0. The van der Waals surface area contributed by atoms with Crippen molar-refractivity contribution in [3.8, 4) is 0 Å². The lowest BCUT2D eigenvalue weighted by Crippen LogP contribution is -2.25. The quantitative estimate of drug-likeness (QED) is 0.767. The minimum absolute atomic E-state index is 0.0119. The van der Waals surface area contributed by atoms with Crippen molar-refractivity contribution in [2.45, 2.75) is 12.8 Å². The summed E-state index contributed by atoms with van der Waals surface area (Å²) >= 11 is 0. The van der Waals surface area contributed by atoms with Gasteiger partial charge in [-0.1, -0.05) is 36.4 Å². The van der Waals surface area contributed by atoms with Gasteiger partial charge in [-0.2, -0.15) is 0 Å². The Morgan fingerprint density at radius 3 is 2.10 bits per heavy atom. The van der Waals surface area contributed by atoms with Crippen LogP contribution in [0, 0.1) is 0 Å². The number of hydrogen-bond donors (Lipinski definition) is 0. The molecule has 0 bridgehead atoms. The Bertz CT molecular complexity index is 490. The van der Waals surface area contributed by atoms with Crippen molar-refractivity contribution in [2.75, 3.05) is 28.2 Å². The van der Waals surface area contributed by atoms with Gasteiger partial charge in [0.25, 0.3) is 0 Å². The van der Waals surface area contributed by atoms with Gasteiger partial charge in [0, 0.05) is 46.6 Å². The lowest BCUT2D eigenvalue weighted by molar-refractivity contribution is -0.127. The average Bonchev–Trinajstić information content (AvgIpc) is 2.43. The smallest absolute Gasteiger partial charge is 0.249 e. The number of carbonyl (C=O) groups excluding carboxylic acids is 2. The second-order valence-corrected chi connectivity index (χ2v) is 5.08. The molecule has 0 aliphatic heterocycles. The van der Waals surface area contributed by atoms with Gasteiger partial charge in [0.05, 0.1) is 0 Å². The van der Waals surface area contributed by atoms with E-state index in [2.05, 4.69) is 0 Å². The normalized spacial score (nSPS) is 11.1. The predicted octanol–water partition coefficient (Wildman–Crippen LogP) is 1.72. The fourth-order valence-electron chi connectivity index (χ4n) is 1.73. The maximum Gasteiger partial charge on any atom is 0.249 e. The maximum atomic E-state index is 12.2. The van der Waals surface area contributed by atoms with Crippen LogP contribution in [-0.2, 0) is 16.0 Å². The van der Waals surface area contributed by atoms with Crippen molar-refractivity contribution in [3.63, 3.8) is 0 Å². The molecule has 0 unspecified atom stereocenters. The van der Waals surface area contributed by atoms with Crippen molar-refractivity contribution in [2.24, 2.45) is 0 Å². The van der Waals surface area contributed by atoms with E-state index in [0.717, 1.165) is 5.56 Å². The molecule has 4 nitrogen and oxygen atoms in total. The lowest BCUT2D eigenvalue weighted by atomic mass is 10.0. The molecule has 0 saturated heterocycles. The van der Waals surface area contributed by atoms with Crippen LogP contribution in [0.3, 0.4) is 0 Å². The summed E-state index contributed by atoms with van der Waals surface area (Å²) in [4.78, 5) is 26.9. The molecule has 0 radical (unpaired) electrons.